The number of fused-ring (bicyclic) bond motifs is 2. The second-order valence-corrected chi connectivity index (χ2v) is 7.75. The number of ketones is 1. The Bertz CT molecular complexity index is 1010. The molecule has 0 spiro atoms. The van der Waals surface area contributed by atoms with E-state index in [0.717, 1.165) is 49.0 Å². The van der Waals surface area contributed by atoms with E-state index in [1.165, 1.54) is 0 Å². The lowest BCUT2D eigenvalue weighted by Gasteiger charge is -2.45. The highest BCUT2D eigenvalue weighted by Crippen LogP contribution is 2.52. The highest BCUT2D eigenvalue weighted by molar-refractivity contribution is 6.13. The van der Waals surface area contributed by atoms with Crippen LogP contribution in [0.5, 0.6) is 5.75 Å². The Labute approximate surface area is 178 Å². The van der Waals surface area contributed by atoms with Crippen LogP contribution in [-0.2, 0) is 21.7 Å². The van der Waals surface area contributed by atoms with Crippen molar-refractivity contribution >= 4 is 5.78 Å². The maximum absolute atomic E-state index is 13.3. The largest absolute Gasteiger partial charge is 0.463 e. The van der Waals surface area contributed by atoms with Gasteiger partial charge >= 0.3 is 0 Å². The lowest BCUT2D eigenvalue weighted by molar-refractivity contribution is -0.283. The zero-order valence-corrected chi connectivity index (χ0v) is 17.9. The Morgan fingerprint density at radius 2 is 1.90 bits per heavy atom. The van der Waals surface area contributed by atoms with Crippen LogP contribution in [0, 0.1) is 11.8 Å². The van der Waals surface area contributed by atoms with Crippen molar-refractivity contribution in [3.8, 4) is 17.6 Å². The number of unbranched alkanes of at least 4 members (excludes halogenated alkanes) is 2. The van der Waals surface area contributed by atoms with Crippen LogP contribution in [0.25, 0.3) is 0 Å². The quantitative estimate of drug-likeness (QED) is 0.609. The molecule has 0 fully saturated rings. The Morgan fingerprint density at radius 3 is 2.67 bits per heavy atom. The Balaban J connectivity index is 1.88. The fraction of sp³-hybridized carbons (Fsp3) is 0.423. The summed E-state index contributed by atoms with van der Waals surface area (Å²) in [6, 6.07) is 11.4. The van der Waals surface area contributed by atoms with E-state index in [-0.39, 0.29) is 5.78 Å². The maximum Gasteiger partial charge on any atom is 0.230 e. The highest BCUT2D eigenvalue weighted by atomic mass is 16.8. The molecule has 4 heteroatoms. The number of aryl methyl sites for hydroxylation is 1. The third-order valence-electron chi connectivity index (χ3n) is 5.74. The summed E-state index contributed by atoms with van der Waals surface area (Å²) in [4.78, 5) is 13.3. The molecule has 4 rings (SSSR count). The monoisotopic (exact) mass is 404 g/mol. The van der Waals surface area contributed by atoms with Crippen LogP contribution in [-0.4, -0.2) is 19.2 Å². The third-order valence-corrected chi connectivity index (χ3v) is 5.74. The van der Waals surface area contributed by atoms with Gasteiger partial charge in [-0.05, 0) is 30.9 Å². The molecule has 0 bridgehead atoms. The molecule has 1 aliphatic carbocycles. The average molecular weight is 405 g/mol. The van der Waals surface area contributed by atoms with Crippen LogP contribution in [0.15, 0.2) is 36.4 Å². The smallest absolute Gasteiger partial charge is 0.230 e. The number of ether oxygens (including phenoxy) is 3. The number of benzene rings is 2. The Kier molecular flexibility index (Phi) is 5.94. The summed E-state index contributed by atoms with van der Waals surface area (Å²) in [7, 11) is 1.63. The molecule has 1 heterocycles. The summed E-state index contributed by atoms with van der Waals surface area (Å²) in [6.07, 6.45) is 4.74. The van der Waals surface area contributed by atoms with E-state index in [9.17, 15) is 4.79 Å². The Morgan fingerprint density at radius 1 is 1.07 bits per heavy atom. The average Bonchev–Trinajstić information content (AvgIpc) is 2.79. The maximum atomic E-state index is 13.3. The van der Waals surface area contributed by atoms with Crippen LogP contribution in [0.1, 0.15) is 78.6 Å². The van der Waals surface area contributed by atoms with Crippen molar-refractivity contribution in [3.63, 3.8) is 0 Å². The fourth-order valence-electron chi connectivity index (χ4n) is 4.26. The summed E-state index contributed by atoms with van der Waals surface area (Å²) >= 11 is 0. The van der Waals surface area contributed by atoms with Crippen molar-refractivity contribution < 1.29 is 19.0 Å². The van der Waals surface area contributed by atoms with Gasteiger partial charge in [0.05, 0.1) is 12.0 Å². The van der Waals surface area contributed by atoms with Gasteiger partial charge in [-0.15, -0.1) is 5.92 Å². The predicted octanol–water partition coefficient (Wildman–Crippen LogP) is 5.35. The highest BCUT2D eigenvalue weighted by Gasteiger charge is 2.52. The van der Waals surface area contributed by atoms with Crippen molar-refractivity contribution in [2.24, 2.45) is 0 Å². The molecule has 0 radical (unpaired) electrons. The number of carbonyl (C=O) groups excluding carboxylic acids is 1. The molecule has 0 amide bonds. The third kappa shape index (κ3) is 3.33. The number of hydrogen-bond donors (Lipinski definition) is 0. The van der Waals surface area contributed by atoms with E-state index in [2.05, 4.69) is 25.7 Å². The van der Waals surface area contributed by atoms with Crippen molar-refractivity contribution in [2.75, 3.05) is 7.11 Å². The molecule has 2 unspecified atom stereocenters. The first-order valence-corrected chi connectivity index (χ1v) is 10.8. The van der Waals surface area contributed by atoms with Crippen LogP contribution in [0.4, 0.5) is 0 Å². The van der Waals surface area contributed by atoms with Crippen LogP contribution in [0.3, 0.4) is 0 Å². The molecule has 2 aliphatic rings. The van der Waals surface area contributed by atoms with E-state index in [4.69, 9.17) is 14.2 Å². The predicted molar refractivity (Wildman–Crippen MR) is 116 cm³/mol. The van der Waals surface area contributed by atoms with Gasteiger partial charge in [0.25, 0.3) is 0 Å². The van der Waals surface area contributed by atoms with Crippen molar-refractivity contribution in [1.82, 2.24) is 0 Å². The lowest BCUT2D eigenvalue weighted by atomic mass is 9.78. The summed E-state index contributed by atoms with van der Waals surface area (Å²) in [6.45, 7) is 4.27. The van der Waals surface area contributed by atoms with Crippen LogP contribution < -0.4 is 4.74 Å². The molecular weight excluding hydrogens is 376 g/mol. The number of rotatable bonds is 6. The lowest BCUT2D eigenvalue weighted by Crippen LogP contribution is -2.47. The van der Waals surface area contributed by atoms with E-state index < -0.39 is 12.1 Å². The van der Waals surface area contributed by atoms with Gasteiger partial charge in [0, 0.05) is 30.2 Å². The van der Waals surface area contributed by atoms with E-state index >= 15 is 0 Å². The number of methoxy groups -OCH3 is 1. The van der Waals surface area contributed by atoms with E-state index in [1.54, 1.807) is 7.11 Å². The number of hydrogen-bond acceptors (Lipinski definition) is 4. The molecule has 2 aromatic rings. The molecule has 0 N–H and O–H groups in total. The molecular formula is C26H28O4. The molecule has 1 aliphatic heterocycles. The molecule has 30 heavy (non-hydrogen) atoms. The van der Waals surface area contributed by atoms with Gasteiger partial charge in [0.1, 0.15) is 5.75 Å². The Hall–Kier alpha value is -2.61. The first-order chi connectivity index (χ1) is 14.7. The summed E-state index contributed by atoms with van der Waals surface area (Å²) < 4.78 is 18.8. The molecule has 0 saturated carbocycles. The second kappa shape index (κ2) is 8.63. The molecule has 2 atom stereocenters. The van der Waals surface area contributed by atoms with Crippen molar-refractivity contribution in [3.05, 3.63) is 64.2 Å². The summed E-state index contributed by atoms with van der Waals surface area (Å²) in [5.74, 6) is 5.87. The first kappa shape index (κ1) is 20.7. The minimum absolute atomic E-state index is 0.0232. The zero-order valence-electron chi connectivity index (χ0n) is 17.9. The van der Waals surface area contributed by atoms with Gasteiger partial charge < -0.3 is 14.2 Å². The SMILES string of the molecule is CCCC#CCC1Oc2c(CCCC)ccc3c2C(OC)(O1)c1ccccc1C3=O. The fourth-order valence-corrected chi connectivity index (χ4v) is 4.26. The van der Waals surface area contributed by atoms with Crippen molar-refractivity contribution in [1.29, 1.82) is 0 Å². The van der Waals surface area contributed by atoms with E-state index in [1.807, 2.05) is 36.4 Å². The van der Waals surface area contributed by atoms with Crippen LogP contribution >= 0.6 is 0 Å². The topological polar surface area (TPSA) is 44.8 Å². The standard InChI is InChI=1S/C26H28O4/c1-4-6-8-9-15-22-29-25-18(12-7-5-2)16-17-20-23(25)26(28-3,30-22)21-14-11-10-13-19(21)24(20)27/h10-11,13-14,16-17,22H,4-7,12,15H2,1-3H3. The summed E-state index contributed by atoms with van der Waals surface area (Å²) in [5, 5.41) is 0. The molecule has 156 valence electrons. The molecule has 2 aromatic carbocycles. The van der Waals surface area contributed by atoms with Crippen molar-refractivity contribution in [2.45, 2.75) is 64.4 Å². The minimum Gasteiger partial charge on any atom is -0.463 e. The van der Waals surface area contributed by atoms with Gasteiger partial charge in [-0.3, -0.25) is 4.79 Å². The first-order valence-electron chi connectivity index (χ1n) is 10.8. The number of carbonyl (C=O) groups is 1. The van der Waals surface area contributed by atoms with Gasteiger partial charge in [-0.1, -0.05) is 56.5 Å². The van der Waals surface area contributed by atoms with Gasteiger partial charge in [0.15, 0.2) is 5.78 Å². The van der Waals surface area contributed by atoms with E-state index in [0.29, 0.717) is 23.1 Å². The van der Waals surface area contributed by atoms with Gasteiger partial charge in [-0.2, -0.15) is 0 Å². The molecule has 0 aromatic heterocycles. The minimum atomic E-state index is -1.17. The second-order valence-electron chi connectivity index (χ2n) is 7.75. The normalized spacial score (nSPS) is 21.2. The van der Waals surface area contributed by atoms with Crippen LogP contribution in [0.2, 0.25) is 0 Å². The molecule has 0 saturated heterocycles. The molecule has 4 nitrogen and oxygen atoms in total. The van der Waals surface area contributed by atoms with Gasteiger partial charge in [0.2, 0.25) is 12.1 Å². The summed E-state index contributed by atoms with van der Waals surface area (Å²) in [5.41, 5.74) is 3.70. The van der Waals surface area contributed by atoms with Gasteiger partial charge in [-0.25, -0.2) is 0 Å². The zero-order chi connectivity index (χ0) is 21.1.